The number of aromatic amines is 1. The molecule has 0 saturated heterocycles. The molecule has 0 fully saturated rings. The van der Waals surface area contributed by atoms with Crippen molar-refractivity contribution in [3.8, 4) is 0 Å². The first-order valence-corrected chi connectivity index (χ1v) is 7.23. The number of H-pyrrole nitrogens is 1. The number of hydrogen-bond acceptors (Lipinski definition) is 5. The van der Waals surface area contributed by atoms with Crippen molar-refractivity contribution in [2.75, 3.05) is 5.32 Å². The number of fused-ring (bicyclic) bond motifs is 1. The number of imidazole rings is 1. The molecule has 6 nitrogen and oxygen atoms in total. The summed E-state index contributed by atoms with van der Waals surface area (Å²) in [5.41, 5.74) is 2.03. The predicted octanol–water partition coefficient (Wildman–Crippen LogP) is 3.12. The fraction of sp³-hybridized carbons (Fsp3) is 0.0769. The minimum absolute atomic E-state index is 0.0999. The van der Waals surface area contributed by atoms with E-state index in [2.05, 4.69) is 25.3 Å². The van der Waals surface area contributed by atoms with Crippen LogP contribution in [0, 0.1) is 0 Å². The van der Waals surface area contributed by atoms with Crippen LogP contribution in [0.15, 0.2) is 40.5 Å². The van der Waals surface area contributed by atoms with Crippen LogP contribution < -0.4 is 5.32 Å². The Morgan fingerprint density at radius 1 is 1.29 bits per heavy atom. The maximum atomic E-state index is 11.0. The van der Waals surface area contributed by atoms with Crippen molar-refractivity contribution < 1.29 is 4.79 Å². The van der Waals surface area contributed by atoms with Gasteiger partial charge in [-0.1, -0.05) is 11.8 Å². The molecule has 0 bridgehead atoms. The van der Waals surface area contributed by atoms with Crippen LogP contribution in [0.2, 0.25) is 5.28 Å². The molecular formula is C13H10ClN5OS. The first-order chi connectivity index (χ1) is 10.1. The van der Waals surface area contributed by atoms with Gasteiger partial charge in [-0.3, -0.25) is 4.79 Å². The number of benzene rings is 1. The summed E-state index contributed by atoms with van der Waals surface area (Å²) in [5.74, 6) is -0.0999. The van der Waals surface area contributed by atoms with Crippen molar-refractivity contribution in [1.29, 1.82) is 0 Å². The van der Waals surface area contributed by atoms with E-state index in [-0.39, 0.29) is 11.2 Å². The molecule has 0 aliphatic rings. The summed E-state index contributed by atoms with van der Waals surface area (Å²) >= 11 is 7.34. The van der Waals surface area contributed by atoms with Crippen molar-refractivity contribution in [2.45, 2.75) is 16.8 Å². The zero-order chi connectivity index (χ0) is 14.8. The number of nitrogens with one attached hydrogen (secondary N) is 2. The minimum atomic E-state index is -0.0999. The van der Waals surface area contributed by atoms with Gasteiger partial charge in [-0.2, -0.15) is 4.98 Å². The zero-order valence-corrected chi connectivity index (χ0v) is 12.5. The molecule has 3 rings (SSSR count). The van der Waals surface area contributed by atoms with Gasteiger partial charge in [-0.15, -0.1) is 0 Å². The highest BCUT2D eigenvalue weighted by Gasteiger charge is 2.10. The molecule has 1 amide bonds. The topological polar surface area (TPSA) is 83.6 Å². The SMILES string of the molecule is CC(=O)Nc1ccc(Sc2nc(Cl)nc3nc[nH]c23)cc1. The fourth-order valence-electron chi connectivity index (χ4n) is 1.78. The molecular weight excluding hydrogens is 310 g/mol. The maximum absolute atomic E-state index is 11.0. The summed E-state index contributed by atoms with van der Waals surface area (Å²) < 4.78 is 0. The number of halogens is 1. The van der Waals surface area contributed by atoms with Crippen LogP contribution in [0.1, 0.15) is 6.92 Å². The number of aromatic nitrogens is 4. The minimum Gasteiger partial charge on any atom is -0.341 e. The summed E-state index contributed by atoms with van der Waals surface area (Å²) in [6.45, 7) is 1.47. The van der Waals surface area contributed by atoms with Crippen molar-refractivity contribution in [3.63, 3.8) is 0 Å². The Kier molecular flexibility index (Phi) is 3.76. The van der Waals surface area contributed by atoms with Crippen LogP contribution in [0.5, 0.6) is 0 Å². The van der Waals surface area contributed by atoms with Gasteiger partial charge in [0.25, 0.3) is 0 Å². The highest BCUT2D eigenvalue weighted by molar-refractivity contribution is 7.99. The lowest BCUT2D eigenvalue weighted by atomic mass is 10.3. The lowest BCUT2D eigenvalue weighted by Crippen LogP contribution is -2.05. The number of carbonyl (C=O) groups excluding carboxylic acids is 1. The highest BCUT2D eigenvalue weighted by atomic mass is 35.5. The van der Waals surface area contributed by atoms with Crippen molar-refractivity contribution in [2.24, 2.45) is 0 Å². The number of nitrogens with zero attached hydrogens (tertiary/aromatic N) is 3. The quantitative estimate of drug-likeness (QED) is 0.572. The second kappa shape index (κ2) is 5.71. The Hall–Kier alpha value is -2.12. The van der Waals surface area contributed by atoms with Gasteiger partial charge in [0.15, 0.2) is 5.65 Å². The number of hydrogen-bond donors (Lipinski definition) is 2. The summed E-state index contributed by atoms with van der Waals surface area (Å²) in [6.07, 6.45) is 1.56. The van der Waals surface area contributed by atoms with Crippen LogP contribution in [-0.2, 0) is 4.79 Å². The van der Waals surface area contributed by atoms with E-state index < -0.39 is 0 Å². The molecule has 0 aliphatic heterocycles. The lowest BCUT2D eigenvalue weighted by molar-refractivity contribution is -0.114. The van der Waals surface area contributed by atoms with E-state index in [1.165, 1.54) is 18.7 Å². The number of rotatable bonds is 3. The summed E-state index contributed by atoms with van der Waals surface area (Å²) in [5, 5.41) is 3.58. The van der Waals surface area contributed by atoms with E-state index in [1.807, 2.05) is 24.3 Å². The van der Waals surface area contributed by atoms with Crippen LogP contribution in [0.25, 0.3) is 11.2 Å². The Bertz CT molecular complexity index is 802. The second-order valence-electron chi connectivity index (χ2n) is 4.21. The summed E-state index contributed by atoms with van der Waals surface area (Å²) in [6, 6.07) is 7.45. The predicted molar refractivity (Wildman–Crippen MR) is 81.6 cm³/mol. The van der Waals surface area contributed by atoms with E-state index in [0.29, 0.717) is 10.7 Å². The molecule has 0 atom stereocenters. The molecule has 8 heteroatoms. The molecule has 0 saturated carbocycles. The van der Waals surface area contributed by atoms with Crippen molar-refractivity contribution in [1.82, 2.24) is 19.9 Å². The summed E-state index contributed by atoms with van der Waals surface area (Å²) in [4.78, 5) is 27.3. The molecule has 2 aromatic heterocycles. The van der Waals surface area contributed by atoms with Gasteiger partial charge in [0.05, 0.1) is 6.33 Å². The van der Waals surface area contributed by atoms with Crippen molar-refractivity contribution in [3.05, 3.63) is 35.9 Å². The molecule has 2 heterocycles. The average molecular weight is 320 g/mol. The average Bonchev–Trinajstić information content (AvgIpc) is 2.88. The molecule has 0 aliphatic carbocycles. The van der Waals surface area contributed by atoms with E-state index in [9.17, 15) is 4.79 Å². The van der Waals surface area contributed by atoms with Gasteiger partial charge in [0.2, 0.25) is 11.2 Å². The first kappa shape index (κ1) is 13.8. The first-order valence-electron chi connectivity index (χ1n) is 6.04. The smallest absolute Gasteiger partial charge is 0.225 e. The molecule has 21 heavy (non-hydrogen) atoms. The van der Waals surface area contributed by atoms with E-state index in [1.54, 1.807) is 6.33 Å². The number of anilines is 1. The third-order valence-electron chi connectivity index (χ3n) is 2.61. The van der Waals surface area contributed by atoms with Crippen LogP contribution >= 0.6 is 23.4 Å². The monoisotopic (exact) mass is 319 g/mol. The normalized spacial score (nSPS) is 10.8. The van der Waals surface area contributed by atoms with E-state index in [0.717, 1.165) is 16.1 Å². The molecule has 0 unspecified atom stereocenters. The molecule has 106 valence electrons. The largest absolute Gasteiger partial charge is 0.341 e. The molecule has 1 aromatic carbocycles. The zero-order valence-electron chi connectivity index (χ0n) is 10.9. The van der Waals surface area contributed by atoms with Gasteiger partial charge >= 0.3 is 0 Å². The Morgan fingerprint density at radius 2 is 2.05 bits per heavy atom. The third-order valence-corrected chi connectivity index (χ3v) is 3.78. The van der Waals surface area contributed by atoms with Crippen LogP contribution in [-0.4, -0.2) is 25.8 Å². The Morgan fingerprint density at radius 3 is 2.76 bits per heavy atom. The van der Waals surface area contributed by atoms with Crippen LogP contribution in [0.4, 0.5) is 5.69 Å². The Labute approximate surface area is 129 Å². The fourth-order valence-corrected chi connectivity index (χ4v) is 2.87. The van der Waals surface area contributed by atoms with Crippen LogP contribution in [0.3, 0.4) is 0 Å². The highest BCUT2D eigenvalue weighted by Crippen LogP contribution is 2.31. The molecule has 3 aromatic rings. The Balaban J connectivity index is 1.88. The third kappa shape index (κ3) is 3.14. The standard InChI is InChI=1S/C13H10ClN5OS/c1-7(20)17-8-2-4-9(5-3-8)21-12-10-11(16-6-15-10)18-13(14)19-12/h2-6H,1H3,(H,17,20)(H,15,16,18,19). The van der Waals surface area contributed by atoms with E-state index in [4.69, 9.17) is 11.6 Å². The maximum Gasteiger partial charge on any atom is 0.225 e. The summed E-state index contributed by atoms with van der Waals surface area (Å²) in [7, 11) is 0. The molecule has 0 spiro atoms. The van der Waals surface area contributed by atoms with E-state index >= 15 is 0 Å². The number of amides is 1. The van der Waals surface area contributed by atoms with Gasteiger partial charge in [0.1, 0.15) is 10.5 Å². The second-order valence-corrected chi connectivity index (χ2v) is 5.61. The lowest BCUT2D eigenvalue weighted by Gasteiger charge is -2.05. The van der Waals surface area contributed by atoms with Gasteiger partial charge in [-0.05, 0) is 35.9 Å². The number of carbonyl (C=O) groups is 1. The van der Waals surface area contributed by atoms with Gasteiger partial charge in [0, 0.05) is 17.5 Å². The van der Waals surface area contributed by atoms with Gasteiger partial charge < -0.3 is 10.3 Å². The van der Waals surface area contributed by atoms with Crippen molar-refractivity contribution >= 4 is 46.1 Å². The molecule has 2 N–H and O–H groups in total. The molecule has 0 radical (unpaired) electrons. The van der Waals surface area contributed by atoms with Gasteiger partial charge in [-0.25, -0.2) is 9.97 Å².